The number of amides is 2. The van der Waals surface area contributed by atoms with Crippen LogP contribution in [0.5, 0.6) is 5.75 Å². The topological polar surface area (TPSA) is 71.5 Å². The Bertz CT molecular complexity index is 1050. The predicted molar refractivity (Wildman–Crippen MR) is 112 cm³/mol. The lowest BCUT2D eigenvalue weighted by molar-refractivity contribution is -0.138. The molecule has 0 spiro atoms. The second kappa shape index (κ2) is 7.48. The van der Waals surface area contributed by atoms with Gasteiger partial charge < -0.3 is 15.0 Å². The first-order valence-corrected chi connectivity index (χ1v) is 10.7. The number of hydrogen-bond donors (Lipinski definition) is 1. The van der Waals surface area contributed by atoms with Gasteiger partial charge in [0.1, 0.15) is 5.75 Å². The van der Waals surface area contributed by atoms with Crippen LogP contribution in [0.1, 0.15) is 30.2 Å². The first-order valence-electron chi connectivity index (χ1n) is 9.87. The number of rotatable bonds is 3. The van der Waals surface area contributed by atoms with Crippen molar-refractivity contribution in [2.24, 2.45) is 0 Å². The standard InChI is InChI=1S/C22H21N3O3S/c26-20(12-18-21(27)23-15-7-1-3-9-17(15)28-18)25-11-5-6-14(13-25)22-24-16-8-2-4-10-19(16)29-22/h1-4,7-10,14,18H,5-6,11-13H2,(H,23,27)/t14-,18+/m0/s1. The van der Waals surface area contributed by atoms with E-state index >= 15 is 0 Å². The first kappa shape index (κ1) is 18.1. The van der Waals surface area contributed by atoms with Crippen LogP contribution in [0.2, 0.25) is 0 Å². The number of thiazole rings is 1. The normalized spacial score (nSPS) is 21.4. The highest BCUT2D eigenvalue weighted by molar-refractivity contribution is 7.18. The van der Waals surface area contributed by atoms with E-state index in [9.17, 15) is 9.59 Å². The molecule has 2 atom stereocenters. The lowest BCUT2D eigenvalue weighted by atomic mass is 9.98. The molecule has 0 bridgehead atoms. The van der Waals surface area contributed by atoms with Crippen molar-refractivity contribution >= 4 is 39.1 Å². The van der Waals surface area contributed by atoms with Crippen LogP contribution in [0.4, 0.5) is 5.69 Å². The summed E-state index contributed by atoms with van der Waals surface area (Å²) in [4.78, 5) is 31.9. The molecule has 0 unspecified atom stereocenters. The summed E-state index contributed by atoms with van der Waals surface area (Å²) in [6.07, 6.45) is 1.22. The minimum atomic E-state index is -0.791. The highest BCUT2D eigenvalue weighted by Crippen LogP contribution is 2.34. The van der Waals surface area contributed by atoms with Crippen LogP contribution in [-0.2, 0) is 9.59 Å². The van der Waals surface area contributed by atoms with Gasteiger partial charge in [-0.25, -0.2) is 4.98 Å². The number of ether oxygens (including phenoxy) is 1. The maximum absolute atomic E-state index is 12.9. The zero-order valence-corrected chi connectivity index (χ0v) is 16.7. The molecule has 0 aliphatic carbocycles. The molecule has 1 saturated heterocycles. The van der Waals surface area contributed by atoms with Gasteiger partial charge in [-0.1, -0.05) is 24.3 Å². The van der Waals surface area contributed by atoms with E-state index < -0.39 is 6.10 Å². The lowest BCUT2D eigenvalue weighted by Gasteiger charge is -2.33. The third-order valence-corrected chi connectivity index (χ3v) is 6.70. The number of likely N-dealkylation sites (tertiary alicyclic amines) is 1. The first-order chi connectivity index (χ1) is 14.2. The van der Waals surface area contributed by atoms with Crippen LogP contribution in [0.15, 0.2) is 48.5 Å². The molecule has 148 valence electrons. The van der Waals surface area contributed by atoms with Crippen molar-refractivity contribution in [2.45, 2.75) is 31.3 Å². The van der Waals surface area contributed by atoms with E-state index in [1.165, 1.54) is 4.70 Å². The van der Waals surface area contributed by atoms with Crippen molar-refractivity contribution in [1.82, 2.24) is 9.88 Å². The van der Waals surface area contributed by atoms with Gasteiger partial charge >= 0.3 is 0 Å². The van der Waals surface area contributed by atoms with Gasteiger partial charge in [-0.05, 0) is 37.1 Å². The van der Waals surface area contributed by atoms with Crippen LogP contribution < -0.4 is 10.1 Å². The summed E-state index contributed by atoms with van der Waals surface area (Å²) in [6, 6.07) is 15.4. The molecular formula is C22H21N3O3S. The average molecular weight is 407 g/mol. The Kier molecular flexibility index (Phi) is 4.67. The molecule has 6 nitrogen and oxygen atoms in total. The van der Waals surface area contributed by atoms with E-state index in [1.54, 1.807) is 23.5 Å². The molecule has 5 rings (SSSR count). The molecule has 2 amide bonds. The number of para-hydroxylation sites is 3. The van der Waals surface area contributed by atoms with Crippen LogP contribution in [0.25, 0.3) is 10.2 Å². The molecule has 0 radical (unpaired) electrons. The second-order valence-electron chi connectivity index (χ2n) is 7.49. The predicted octanol–water partition coefficient (Wildman–Crippen LogP) is 3.79. The summed E-state index contributed by atoms with van der Waals surface area (Å²) in [7, 11) is 0. The molecule has 3 aromatic rings. The number of nitrogens with one attached hydrogen (secondary N) is 1. The number of anilines is 1. The molecule has 1 N–H and O–H groups in total. The number of aromatic nitrogens is 1. The van der Waals surface area contributed by atoms with E-state index in [-0.39, 0.29) is 24.2 Å². The average Bonchev–Trinajstić information content (AvgIpc) is 3.19. The van der Waals surface area contributed by atoms with Crippen LogP contribution in [0.3, 0.4) is 0 Å². The van der Waals surface area contributed by atoms with Crippen molar-refractivity contribution in [3.8, 4) is 5.75 Å². The number of fused-ring (bicyclic) bond motifs is 2. The fourth-order valence-corrected chi connectivity index (χ4v) is 5.08. The van der Waals surface area contributed by atoms with Gasteiger partial charge in [0.25, 0.3) is 5.91 Å². The molecular weight excluding hydrogens is 386 g/mol. The SMILES string of the molecule is O=C1Nc2ccccc2O[C@@H]1CC(=O)N1CCC[C@H](c2nc3ccccc3s2)C1. The van der Waals surface area contributed by atoms with Crippen molar-refractivity contribution < 1.29 is 14.3 Å². The van der Waals surface area contributed by atoms with Crippen LogP contribution >= 0.6 is 11.3 Å². The molecule has 7 heteroatoms. The van der Waals surface area contributed by atoms with Crippen LogP contribution in [0, 0.1) is 0 Å². The van der Waals surface area contributed by atoms with E-state index in [4.69, 9.17) is 9.72 Å². The summed E-state index contributed by atoms with van der Waals surface area (Å²) in [5.41, 5.74) is 1.66. The number of carbonyl (C=O) groups excluding carboxylic acids is 2. The maximum Gasteiger partial charge on any atom is 0.266 e. The molecule has 2 aliphatic rings. The minimum Gasteiger partial charge on any atom is -0.478 e. The smallest absolute Gasteiger partial charge is 0.266 e. The highest BCUT2D eigenvalue weighted by atomic mass is 32.1. The molecule has 1 fully saturated rings. The Labute approximate surface area is 172 Å². The summed E-state index contributed by atoms with van der Waals surface area (Å²) in [5, 5.41) is 3.91. The van der Waals surface area contributed by atoms with Crippen molar-refractivity contribution in [2.75, 3.05) is 18.4 Å². The van der Waals surface area contributed by atoms with E-state index in [0.717, 1.165) is 23.4 Å². The number of benzene rings is 2. The largest absolute Gasteiger partial charge is 0.478 e. The zero-order chi connectivity index (χ0) is 19.8. The van der Waals surface area contributed by atoms with Gasteiger partial charge in [-0.3, -0.25) is 9.59 Å². The van der Waals surface area contributed by atoms with E-state index in [0.29, 0.717) is 24.5 Å². The molecule has 2 aromatic carbocycles. The number of carbonyl (C=O) groups is 2. The summed E-state index contributed by atoms with van der Waals surface area (Å²) in [6.45, 7) is 1.36. The lowest BCUT2D eigenvalue weighted by Crippen LogP contribution is -2.44. The maximum atomic E-state index is 12.9. The Hall–Kier alpha value is -2.93. The molecule has 2 aliphatic heterocycles. The minimum absolute atomic E-state index is 0.0460. The number of hydrogen-bond acceptors (Lipinski definition) is 5. The van der Waals surface area contributed by atoms with Gasteiger partial charge in [0, 0.05) is 19.0 Å². The fourth-order valence-electron chi connectivity index (χ4n) is 3.98. The van der Waals surface area contributed by atoms with Crippen molar-refractivity contribution in [3.05, 3.63) is 53.5 Å². The third kappa shape index (κ3) is 3.58. The zero-order valence-electron chi connectivity index (χ0n) is 15.8. The Morgan fingerprint density at radius 2 is 2.03 bits per heavy atom. The van der Waals surface area contributed by atoms with Gasteiger partial charge in [-0.2, -0.15) is 0 Å². The molecule has 3 heterocycles. The van der Waals surface area contributed by atoms with E-state index in [1.807, 2.05) is 35.2 Å². The quantitative estimate of drug-likeness (QED) is 0.717. The van der Waals surface area contributed by atoms with Gasteiger partial charge in [0.2, 0.25) is 5.91 Å². The third-order valence-electron chi connectivity index (χ3n) is 5.50. The molecule has 1 aromatic heterocycles. The van der Waals surface area contributed by atoms with Gasteiger partial charge in [0.15, 0.2) is 6.10 Å². The summed E-state index contributed by atoms with van der Waals surface area (Å²) < 4.78 is 6.96. The Morgan fingerprint density at radius 1 is 1.21 bits per heavy atom. The number of piperidine rings is 1. The monoisotopic (exact) mass is 407 g/mol. The Balaban J connectivity index is 1.27. The number of nitrogens with zero attached hydrogens (tertiary/aromatic N) is 2. The van der Waals surface area contributed by atoms with Crippen molar-refractivity contribution in [3.63, 3.8) is 0 Å². The second-order valence-corrected chi connectivity index (χ2v) is 8.56. The van der Waals surface area contributed by atoms with Gasteiger partial charge in [-0.15, -0.1) is 11.3 Å². The Morgan fingerprint density at radius 3 is 2.93 bits per heavy atom. The van der Waals surface area contributed by atoms with Crippen molar-refractivity contribution in [1.29, 1.82) is 0 Å². The van der Waals surface area contributed by atoms with Crippen LogP contribution in [-0.4, -0.2) is 40.9 Å². The fraction of sp³-hybridized carbons (Fsp3) is 0.318. The van der Waals surface area contributed by atoms with Gasteiger partial charge in [0.05, 0.1) is 27.3 Å². The molecule has 29 heavy (non-hydrogen) atoms. The summed E-state index contributed by atoms with van der Waals surface area (Å²) >= 11 is 1.71. The molecule has 0 saturated carbocycles. The summed E-state index contributed by atoms with van der Waals surface area (Å²) in [5.74, 6) is 0.537. The van der Waals surface area contributed by atoms with E-state index in [2.05, 4.69) is 11.4 Å². The highest BCUT2D eigenvalue weighted by Gasteiger charge is 2.33.